The molecule has 0 heterocycles. The van der Waals surface area contributed by atoms with E-state index in [1.54, 1.807) is 6.92 Å². The van der Waals surface area contributed by atoms with Gasteiger partial charge in [0.05, 0.1) is 0 Å². The van der Waals surface area contributed by atoms with Gasteiger partial charge in [0.2, 0.25) is 5.91 Å². The standard InChI is InChI=1S/C14H30N2O/c1-8-13(4,5)11(15)12(16-10(3)17)14(6,7)9-2/h11-12H,8-9,15H2,1-7H3,(H,16,17). The number of amides is 1. The maximum Gasteiger partial charge on any atom is 0.217 e. The summed E-state index contributed by atoms with van der Waals surface area (Å²) in [5.74, 6) is -0.00104. The highest BCUT2D eigenvalue weighted by Gasteiger charge is 2.39. The van der Waals surface area contributed by atoms with Crippen LogP contribution in [0.25, 0.3) is 0 Å². The molecule has 0 spiro atoms. The summed E-state index contributed by atoms with van der Waals surface area (Å²) >= 11 is 0. The Kier molecular flexibility index (Phi) is 5.66. The van der Waals surface area contributed by atoms with Gasteiger partial charge >= 0.3 is 0 Å². The smallest absolute Gasteiger partial charge is 0.217 e. The first-order chi connectivity index (χ1) is 7.58. The van der Waals surface area contributed by atoms with Gasteiger partial charge in [-0.15, -0.1) is 0 Å². The second kappa shape index (κ2) is 5.85. The Morgan fingerprint density at radius 3 is 1.82 bits per heavy atom. The molecule has 102 valence electrons. The van der Waals surface area contributed by atoms with E-state index in [1.807, 2.05) is 0 Å². The fraction of sp³-hybridized carbons (Fsp3) is 0.929. The van der Waals surface area contributed by atoms with Gasteiger partial charge in [0.25, 0.3) is 0 Å². The van der Waals surface area contributed by atoms with Crippen LogP contribution in [-0.4, -0.2) is 18.0 Å². The van der Waals surface area contributed by atoms with Crippen LogP contribution in [0.5, 0.6) is 0 Å². The summed E-state index contributed by atoms with van der Waals surface area (Å²) in [7, 11) is 0. The van der Waals surface area contributed by atoms with Gasteiger partial charge in [0.15, 0.2) is 0 Å². The quantitative estimate of drug-likeness (QED) is 0.752. The van der Waals surface area contributed by atoms with Crippen molar-refractivity contribution in [3.63, 3.8) is 0 Å². The normalized spacial score (nSPS) is 16.5. The van der Waals surface area contributed by atoms with Crippen molar-refractivity contribution in [2.45, 2.75) is 73.4 Å². The number of rotatable bonds is 6. The molecular formula is C14H30N2O. The molecule has 0 saturated carbocycles. The number of nitrogens with one attached hydrogen (secondary N) is 1. The maximum atomic E-state index is 11.4. The van der Waals surface area contributed by atoms with E-state index < -0.39 is 0 Å². The third-order valence-corrected chi connectivity index (χ3v) is 4.28. The van der Waals surface area contributed by atoms with Crippen LogP contribution in [0, 0.1) is 10.8 Å². The second-order valence-electron chi connectivity index (χ2n) is 6.39. The van der Waals surface area contributed by atoms with Gasteiger partial charge < -0.3 is 11.1 Å². The van der Waals surface area contributed by atoms with Crippen LogP contribution in [-0.2, 0) is 4.79 Å². The van der Waals surface area contributed by atoms with Crippen LogP contribution in [0.2, 0.25) is 0 Å². The van der Waals surface area contributed by atoms with Crippen LogP contribution in [0.1, 0.15) is 61.3 Å². The van der Waals surface area contributed by atoms with E-state index in [0.717, 1.165) is 12.8 Å². The summed E-state index contributed by atoms with van der Waals surface area (Å²) in [6, 6.07) is -0.0219. The van der Waals surface area contributed by atoms with Gasteiger partial charge in [-0.25, -0.2) is 0 Å². The van der Waals surface area contributed by atoms with Gasteiger partial charge in [-0.1, -0.05) is 41.5 Å². The lowest BCUT2D eigenvalue weighted by molar-refractivity contribution is -0.121. The fourth-order valence-corrected chi connectivity index (χ4v) is 1.90. The molecule has 17 heavy (non-hydrogen) atoms. The number of nitrogens with two attached hydrogens (primary N) is 1. The van der Waals surface area contributed by atoms with E-state index >= 15 is 0 Å². The van der Waals surface area contributed by atoms with Crippen molar-refractivity contribution >= 4 is 5.91 Å². The molecule has 0 bridgehead atoms. The number of hydrogen-bond acceptors (Lipinski definition) is 2. The molecule has 3 N–H and O–H groups in total. The zero-order valence-corrected chi connectivity index (χ0v) is 12.6. The Hall–Kier alpha value is -0.570. The third-order valence-electron chi connectivity index (χ3n) is 4.28. The summed E-state index contributed by atoms with van der Waals surface area (Å²) in [6.45, 7) is 14.5. The molecule has 0 radical (unpaired) electrons. The maximum absolute atomic E-state index is 11.4. The highest BCUT2D eigenvalue weighted by molar-refractivity contribution is 5.73. The molecule has 2 unspecified atom stereocenters. The first kappa shape index (κ1) is 16.4. The average molecular weight is 242 g/mol. The van der Waals surface area contributed by atoms with E-state index in [0.29, 0.717) is 0 Å². The number of hydrogen-bond donors (Lipinski definition) is 2. The van der Waals surface area contributed by atoms with Crippen LogP contribution in [0.15, 0.2) is 0 Å². The molecule has 0 aromatic carbocycles. The van der Waals surface area contributed by atoms with Gasteiger partial charge in [-0.05, 0) is 23.7 Å². The molecule has 0 saturated heterocycles. The predicted octanol–water partition coefficient (Wildman–Crippen LogP) is 2.69. The topological polar surface area (TPSA) is 55.1 Å². The van der Waals surface area contributed by atoms with Crippen molar-refractivity contribution in [2.75, 3.05) is 0 Å². The molecule has 1 amide bonds. The Balaban J connectivity index is 5.12. The lowest BCUT2D eigenvalue weighted by Gasteiger charge is -2.44. The molecule has 0 fully saturated rings. The van der Waals surface area contributed by atoms with E-state index in [2.05, 4.69) is 46.9 Å². The molecule has 3 heteroatoms. The van der Waals surface area contributed by atoms with E-state index in [9.17, 15) is 4.79 Å². The summed E-state index contributed by atoms with van der Waals surface area (Å²) < 4.78 is 0. The van der Waals surface area contributed by atoms with Crippen molar-refractivity contribution < 1.29 is 4.79 Å². The zero-order valence-electron chi connectivity index (χ0n) is 12.6. The summed E-state index contributed by atoms with van der Waals surface area (Å²) in [6.07, 6.45) is 2.00. The van der Waals surface area contributed by atoms with E-state index in [1.165, 1.54) is 0 Å². The summed E-state index contributed by atoms with van der Waals surface area (Å²) in [5, 5.41) is 3.05. The van der Waals surface area contributed by atoms with Crippen LogP contribution in [0.3, 0.4) is 0 Å². The summed E-state index contributed by atoms with van der Waals surface area (Å²) in [4.78, 5) is 11.4. The lowest BCUT2D eigenvalue weighted by Crippen LogP contribution is -2.59. The Bertz CT molecular complexity index is 259. The van der Waals surface area contributed by atoms with Gasteiger partial charge in [-0.2, -0.15) is 0 Å². The molecule has 0 rings (SSSR count). The van der Waals surface area contributed by atoms with Crippen LogP contribution < -0.4 is 11.1 Å². The van der Waals surface area contributed by atoms with Crippen LogP contribution >= 0.6 is 0 Å². The SMILES string of the molecule is CCC(C)(C)C(N)C(NC(C)=O)C(C)(C)CC. The molecular weight excluding hydrogens is 212 g/mol. The zero-order chi connectivity index (χ0) is 13.9. The van der Waals surface area contributed by atoms with E-state index in [4.69, 9.17) is 5.73 Å². The molecule has 0 aliphatic carbocycles. The minimum absolute atomic E-state index is 0.00104. The van der Waals surface area contributed by atoms with Crippen molar-refractivity contribution in [3.05, 3.63) is 0 Å². The summed E-state index contributed by atoms with van der Waals surface area (Å²) in [5.41, 5.74) is 6.44. The largest absolute Gasteiger partial charge is 0.351 e. The molecule has 0 aliphatic heterocycles. The molecule has 3 nitrogen and oxygen atoms in total. The fourth-order valence-electron chi connectivity index (χ4n) is 1.90. The molecule has 0 aromatic rings. The monoisotopic (exact) mass is 242 g/mol. The van der Waals surface area contributed by atoms with Crippen LogP contribution in [0.4, 0.5) is 0 Å². The van der Waals surface area contributed by atoms with Gasteiger partial charge in [0, 0.05) is 19.0 Å². The molecule has 0 aromatic heterocycles. The van der Waals surface area contributed by atoms with Crippen molar-refractivity contribution in [1.29, 1.82) is 0 Å². The van der Waals surface area contributed by atoms with Crippen molar-refractivity contribution in [2.24, 2.45) is 16.6 Å². The van der Waals surface area contributed by atoms with Crippen molar-refractivity contribution in [3.8, 4) is 0 Å². The first-order valence-corrected chi connectivity index (χ1v) is 6.61. The highest BCUT2D eigenvalue weighted by atomic mass is 16.1. The van der Waals surface area contributed by atoms with Gasteiger partial charge in [-0.3, -0.25) is 4.79 Å². The lowest BCUT2D eigenvalue weighted by atomic mass is 9.69. The Morgan fingerprint density at radius 1 is 1.12 bits per heavy atom. The average Bonchev–Trinajstić information content (AvgIpc) is 2.24. The predicted molar refractivity (Wildman–Crippen MR) is 73.7 cm³/mol. The number of carbonyl (C=O) groups excluding carboxylic acids is 1. The Morgan fingerprint density at radius 2 is 1.53 bits per heavy atom. The molecule has 0 aliphatic rings. The molecule has 2 atom stereocenters. The minimum Gasteiger partial charge on any atom is -0.351 e. The van der Waals surface area contributed by atoms with Gasteiger partial charge in [0.1, 0.15) is 0 Å². The Labute approximate surface area is 107 Å². The second-order valence-corrected chi connectivity index (χ2v) is 6.39. The first-order valence-electron chi connectivity index (χ1n) is 6.61. The highest BCUT2D eigenvalue weighted by Crippen LogP contribution is 2.34. The number of carbonyl (C=O) groups is 1. The minimum atomic E-state index is -0.0358. The van der Waals surface area contributed by atoms with E-state index in [-0.39, 0.29) is 28.8 Å². The van der Waals surface area contributed by atoms with Crippen molar-refractivity contribution in [1.82, 2.24) is 5.32 Å². The third kappa shape index (κ3) is 4.30.